The Morgan fingerprint density at radius 2 is 1.85 bits per heavy atom. The molecule has 0 radical (unpaired) electrons. The Bertz CT molecular complexity index is 1290. The zero-order chi connectivity index (χ0) is 18.7. The summed E-state index contributed by atoms with van der Waals surface area (Å²) in [5.74, 6) is -0.374. The molecule has 0 aliphatic carbocycles. The van der Waals surface area contributed by atoms with Gasteiger partial charge in [0.2, 0.25) is 0 Å². The summed E-state index contributed by atoms with van der Waals surface area (Å²) in [6.07, 6.45) is 0. The number of pyridine rings is 1. The van der Waals surface area contributed by atoms with Crippen molar-refractivity contribution in [2.75, 3.05) is 7.11 Å². The largest absolute Gasteiger partial charge is 0.508 e. The summed E-state index contributed by atoms with van der Waals surface area (Å²) in [4.78, 5) is 32.5. The third-order valence-electron chi connectivity index (χ3n) is 4.76. The quantitative estimate of drug-likeness (QED) is 0.477. The van der Waals surface area contributed by atoms with E-state index in [9.17, 15) is 14.7 Å². The van der Waals surface area contributed by atoms with Gasteiger partial charge >= 0.3 is 0 Å². The first-order valence-electron chi connectivity index (χ1n) is 8.26. The molecule has 0 spiro atoms. The van der Waals surface area contributed by atoms with E-state index in [1.807, 2.05) is 18.2 Å². The number of rotatable bonds is 2. The second-order valence-corrected chi connectivity index (χ2v) is 6.27. The molecule has 0 fully saturated rings. The lowest BCUT2D eigenvalue weighted by Crippen LogP contribution is -2.20. The fourth-order valence-electron chi connectivity index (χ4n) is 3.60. The summed E-state index contributed by atoms with van der Waals surface area (Å²) in [6, 6.07) is 12.2. The topological polar surface area (TPSA) is 104 Å². The zero-order valence-corrected chi connectivity index (χ0v) is 14.2. The minimum Gasteiger partial charge on any atom is -0.508 e. The van der Waals surface area contributed by atoms with Gasteiger partial charge in [0.1, 0.15) is 17.2 Å². The number of amides is 2. The highest BCUT2D eigenvalue weighted by Gasteiger charge is 2.34. The highest BCUT2D eigenvalue weighted by Crippen LogP contribution is 2.40. The second-order valence-electron chi connectivity index (χ2n) is 6.27. The van der Waals surface area contributed by atoms with Crippen LogP contribution in [0.1, 0.15) is 20.8 Å². The minimum absolute atomic E-state index is 0.0672. The zero-order valence-electron chi connectivity index (χ0n) is 14.2. The number of fused-ring (bicyclic) bond motifs is 5. The average Bonchev–Trinajstić information content (AvgIpc) is 3.18. The van der Waals surface area contributed by atoms with Crippen LogP contribution in [-0.4, -0.2) is 34.0 Å². The van der Waals surface area contributed by atoms with E-state index >= 15 is 0 Å². The lowest BCUT2D eigenvalue weighted by molar-refractivity contribution is 0.0878. The lowest BCUT2D eigenvalue weighted by atomic mass is 10.0. The maximum Gasteiger partial charge on any atom is 0.277 e. The van der Waals surface area contributed by atoms with Crippen molar-refractivity contribution in [2.45, 2.75) is 0 Å². The Morgan fingerprint density at radius 1 is 1.04 bits per heavy atom. The number of nitrogens with one attached hydrogen (secondary N) is 2. The number of phenols is 1. The van der Waals surface area contributed by atoms with Crippen molar-refractivity contribution in [1.29, 1.82) is 0 Å². The molecular formula is C20H13N3O4. The van der Waals surface area contributed by atoms with Gasteiger partial charge in [-0.2, -0.15) is 0 Å². The second kappa shape index (κ2) is 5.31. The van der Waals surface area contributed by atoms with Gasteiger partial charge in [-0.3, -0.25) is 14.9 Å². The van der Waals surface area contributed by atoms with E-state index in [2.05, 4.69) is 15.3 Å². The Labute approximate surface area is 152 Å². The van der Waals surface area contributed by atoms with Crippen molar-refractivity contribution in [3.63, 3.8) is 0 Å². The molecule has 0 bridgehead atoms. The summed E-state index contributed by atoms with van der Waals surface area (Å²) in [5.41, 5.74) is 2.80. The molecular weight excluding hydrogens is 346 g/mol. The van der Waals surface area contributed by atoms with Crippen LogP contribution in [0.15, 0.2) is 42.5 Å². The number of nitrogens with zero attached hydrogens (tertiary/aromatic N) is 1. The van der Waals surface area contributed by atoms with E-state index in [0.717, 1.165) is 5.52 Å². The van der Waals surface area contributed by atoms with Gasteiger partial charge in [-0.05, 0) is 30.3 Å². The molecule has 27 heavy (non-hydrogen) atoms. The van der Waals surface area contributed by atoms with Gasteiger partial charge in [0.05, 0.1) is 23.9 Å². The number of aromatic nitrogens is 2. The maximum absolute atomic E-state index is 12.4. The Balaban J connectivity index is 2.00. The van der Waals surface area contributed by atoms with Crippen LogP contribution in [0, 0.1) is 0 Å². The number of hydrogen-bond donors (Lipinski definition) is 3. The van der Waals surface area contributed by atoms with Crippen LogP contribution in [0.3, 0.4) is 0 Å². The molecule has 4 aromatic rings. The van der Waals surface area contributed by atoms with Crippen molar-refractivity contribution in [3.05, 3.63) is 53.7 Å². The predicted molar refractivity (Wildman–Crippen MR) is 99.0 cm³/mol. The smallest absolute Gasteiger partial charge is 0.277 e. The van der Waals surface area contributed by atoms with Gasteiger partial charge in [0.15, 0.2) is 0 Å². The molecule has 132 valence electrons. The van der Waals surface area contributed by atoms with Crippen molar-refractivity contribution >= 4 is 33.6 Å². The van der Waals surface area contributed by atoms with Gasteiger partial charge < -0.3 is 14.8 Å². The molecule has 5 rings (SSSR count). The first-order valence-corrected chi connectivity index (χ1v) is 8.26. The number of ether oxygens (including phenoxy) is 1. The molecule has 7 nitrogen and oxygen atoms in total. The van der Waals surface area contributed by atoms with E-state index < -0.39 is 11.8 Å². The number of benzene rings is 2. The molecule has 1 aliphatic heterocycles. The molecule has 2 aromatic carbocycles. The standard InChI is InChI=1S/C20H13N3O4/c1-27-13-5-3-2-4-10(13)16-17-14(11-8-9(24)6-7-12(11)21-17)15-18(22-16)20(26)23-19(15)25/h2-8,21,24H,1H3,(H,23,25,26). The van der Waals surface area contributed by atoms with Gasteiger partial charge in [0, 0.05) is 21.9 Å². The molecule has 2 amide bonds. The number of hydrogen-bond acceptors (Lipinski definition) is 5. The first-order chi connectivity index (χ1) is 13.1. The van der Waals surface area contributed by atoms with Gasteiger partial charge in [-0.15, -0.1) is 0 Å². The normalized spacial score (nSPS) is 13.2. The van der Waals surface area contributed by atoms with Crippen LogP contribution in [0.5, 0.6) is 11.5 Å². The maximum atomic E-state index is 12.4. The van der Waals surface area contributed by atoms with E-state index in [4.69, 9.17) is 4.74 Å². The summed E-state index contributed by atoms with van der Waals surface area (Å²) in [7, 11) is 1.56. The number of imide groups is 1. The van der Waals surface area contributed by atoms with Gasteiger partial charge in [-0.1, -0.05) is 12.1 Å². The summed E-state index contributed by atoms with van der Waals surface area (Å²) >= 11 is 0. The molecule has 0 unspecified atom stereocenters. The van der Waals surface area contributed by atoms with Crippen molar-refractivity contribution < 1.29 is 19.4 Å². The monoisotopic (exact) mass is 359 g/mol. The first kappa shape index (κ1) is 15.4. The average molecular weight is 359 g/mol. The highest BCUT2D eigenvalue weighted by molar-refractivity contribution is 6.30. The number of carbonyl (C=O) groups is 2. The lowest BCUT2D eigenvalue weighted by Gasteiger charge is -2.10. The molecule has 2 aromatic heterocycles. The Hall–Kier alpha value is -3.87. The number of methoxy groups -OCH3 is 1. The van der Waals surface area contributed by atoms with Crippen LogP contribution in [-0.2, 0) is 0 Å². The molecule has 3 heterocycles. The Kier molecular flexibility index (Phi) is 3.03. The van der Waals surface area contributed by atoms with E-state index in [1.165, 1.54) is 0 Å². The van der Waals surface area contributed by atoms with Crippen molar-refractivity contribution in [1.82, 2.24) is 15.3 Å². The van der Waals surface area contributed by atoms with Gasteiger partial charge in [-0.25, -0.2) is 4.98 Å². The van der Waals surface area contributed by atoms with Crippen LogP contribution < -0.4 is 10.1 Å². The van der Waals surface area contributed by atoms with Gasteiger partial charge in [0.25, 0.3) is 11.8 Å². The van der Waals surface area contributed by atoms with Crippen LogP contribution in [0.25, 0.3) is 33.1 Å². The number of para-hydroxylation sites is 1. The number of carbonyl (C=O) groups excluding carboxylic acids is 2. The number of phenolic OH excluding ortho intramolecular Hbond substituents is 1. The summed E-state index contributed by atoms with van der Waals surface area (Å²) in [6.45, 7) is 0. The fourth-order valence-corrected chi connectivity index (χ4v) is 3.60. The van der Waals surface area contributed by atoms with E-state index in [0.29, 0.717) is 33.3 Å². The van der Waals surface area contributed by atoms with Crippen molar-refractivity contribution in [3.8, 4) is 22.8 Å². The predicted octanol–water partition coefficient (Wildman–Crippen LogP) is 2.98. The SMILES string of the molecule is COc1ccccc1-c1nc2c(c3c1[nH]c1ccc(O)cc13)C(=O)NC2=O. The molecule has 0 atom stereocenters. The van der Waals surface area contributed by atoms with Crippen LogP contribution in [0.2, 0.25) is 0 Å². The molecule has 3 N–H and O–H groups in total. The third-order valence-corrected chi connectivity index (χ3v) is 4.76. The van der Waals surface area contributed by atoms with Crippen LogP contribution >= 0.6 is 0 Å². The number of H-pyrrole nitrogens is 1. The summed E-state index contributed by atoms with van der Waals surface area (Å²) in [5, 5.41) is 13.4. The molecule has 0 saturated carbocycles. The molecule has 7 heteroatoms. The van der Waals surface area contributed by atoms with E-state index in [-0.39, 0.29) is 17.0 Å². The highest BCUT2D eigenvalue weighted by atomic mass is 16.5. The number of aromatic hydroxyl groups is 1. The fraction of sp³-hybridized carbons (Fsp3) is 0.0500. The van der Waals surface area contributed by atoms with Crippen LogP contribution in [0.4, 0.5) is 0 Å². The summed E-state index contributed by atoms with van der Waals surface area (Å²) < 4.78 is 5.45. The molecule has 1 aliphatic rings. The molecule has 0 saturated heterocycles. The van der Waals surface area contributed by atoms with Crippen molar-refractivity contribution in [2.24, 2.45) is 0 Å². The number of aromatic amines is 1. The third kappa shape index (κ3) is 2.05. The Morgan fingerprint density at radius 3 is 2.67 bits per heavy atom. The minimum atomic E-state index is -0.539. The van der Waals surface area contributed by atoms with E-state index in [1.54, 1.807) is 31.4 Å².